The number of carbonyl (C=O) groups is 2. The van der Waals surface area contributed by atoms with Crippen molar-refractivity contribution in [3.05, 3.63) is 102 Å². The smallest absolute Gasteiger partial charge is 0.257 e. The highest BCUT2D eigenvalue weighted by Crippen LogP contribution is 2.26. The first-order valence-corrected chi connectivity index (χ1v) is 13.1. The third kappa shape index (κ3) is 6.31. The lowest BCUT2D eigenvalue weighted by Crippen LogP contribution is -2.35. The lowest BCUT2D eigenvalue weighted by Gasteiger charge is -2.31. The molecule has 0 spiro atoms. The molecule has 1 fully saturated rings. The molecule has 202 valence electrons. The van der Waals surface area contributed by atoms with E-state index in [4.69, 9.17) is 0 Å². The Labute approximate surface area is 232 Å². The number of anilines is 5. The Kier molecular flexibility index (Phi) is 7.80. The quantitative estimate of drug-likeness (QED) is 0.262. The molecule has 0 radical (unpaired) electrons. The lowest BCUT2D eigenvalue weighted by molar-refractivity contribution is 0.101. The van der Waals surface area contributed by atoms with Crippen molar-refractivity contribution in [1.82, 2.24) is 4.57 Å². The maximum Gasteiger partial charge on any atom is 0.257 e. The van der Waals surface area contributed by atoms with Crippen LogP contribution >= 0.6 is 0 Å². The summed E-state index contributed by atoms with van der Waals surface area (Å²) in [5.74, 6) is -0.456. The number of rotatable bonds is 7. The van der Waals surface area contributed by atoms with Gasteiger partial charge in [0.1, 0.15) is 6.07 Å². The third-order valence-electron chi connectivity index (χ3n) is 6.87. The molecule has 3 aromatic carbocycles. The van der Waals surface area contributed by atoms with Gasteiger partial charge in [-0.1, -0.05) is 0 Å². The van der Waals surface area contributed by atoms with Crippen molar-refractivity contribution in [2.45, 2.75) is 18.9 Å². The van der Waals surface area contributed by atoms with E-state index in [0.29, 0.717) is 33.8 Å². The molecule has 1 saturated heterocycles. The van der Waals surface area contributed by atoms with Gasteiger partial charge in [-0.05, 0) is 85.6 Å². The minimum atomic E-state index is -0.249. The van der Waals surface area contributed by atoms with E-state index in [1.807, 2.05) is 31.3 Å². The zero-order valence-electron chi connectivity index (χ0n) is 22.1. The Morgan fingerprint density at radius 3 is 2.12 bits per heavy atom. The molecular weight excluding hydrogens is 504 g/mol. The summed E-state index contributed by atoms with van der Waals surface area (Å²) < 4.78 is 1.79. The number of amides is 2. The van der Waals surface area contributed by atoms with Crippen LogP contribution in [0.4, 0.5) is 28.4 Å². The largest absolute Gasteiger partial charge is 0.393 e. The van der Waals surface area contributed by atoms with E-state index in [2.05, 4.69) is 26.9 Å². The fourth-order valence-electron chi connectivity index (χ4n) is 4.61. The van der Waals surface area contributed by atoms with Crippen molar-refractivity contribution in [1.29, 1.82) is 5.26 Å². The maximum atomic E-state index is 12.8. The number of aliphatic hydroxyl groups excluding tert-OH is 1. The molecule has 5 rings (SSSR count). The molecular formula is C31H30N6O3. The zero-order chi connectivity index (χ0) is 28.1. The van der Waals surface area contributed by atoms with Crippen molar-refractivity contribution in [2.24, 2.45) is 7.05 Å². The van der Waals surface area contributed by atoms with E-state index in [1.165, 1.54) is 0 Å². The van der Waals surface area contributed by atoms with Crippen LogP contribution in [0.1, 0.15) is 39.1 Å². The Morgan fingerprint density at radius 2 is 1.48 bits per heavy atom. The van der Waals surface area contributed by atoms with E-state index >= 15 is 0 Å². The molecule has 0 atom stereocenters. The molecule has 0 bridgehead atoms. The van der Waals surface area contributed by atoms with Gasteiger partial charge in [0.2, 0.25) is 0 Å². The van der Waals surface area contributed by atoms with Gasteiger partial charge in [-0.25, -0.2) is 0 Å². The highest BCUT2D eigenvalue weighted by atomic mass is 16.3. The topological polar surface area (TPSA) is 122 Å². The van der Waals surface area contributed by atoms with Crippen molar-refractivity contribution in [3.63, 3.8) is 0 Å². The monoisotopic (exact) mass is 534 g/mol. The highest BCUT2D eigenvalue weighted by Gasteiger charge is 2.17. The summed E-state index contributed by atoms with van der Waals surface area (Å²) in [4.78, 5) is 27.4. The van der Waals surface area contributed by atoms with Crippen molar-refractivity contribution < 1.29 is 14.7 Å². The predicted molar refractivity (Wildman–Crippen MR) is 156 cm³/mol. The van der Waals surface area contributed by atoms with Gasteiger partial charge >= 0.3 is 0 Å². The Morgan fingerprint density at radius 1 is 0.850 bits per heavy atom. The third-order valence-corrected chi connectivity index (χ3v) is 6.87. The second-order valence-electron chi connectivity index (χ2n) is 9.81. The van der Waals surface area contributed by atoms with Crippen LogP contribution in [0.25, 0.3) is 0 Å². The van der Waals surface area contributed by atoms with E-state index in [9.17, 15) is 20.0 Å². The first kappa shape index (κ1) is 26.5. The minimum Gasteiger partial charge on any atom is -0.393 e. The molecule has 4 aromatic rings. The molecule has 40 heavy (non-hydrogen) atoms. The number of aliphatic hydroxyl groups is 1. The zero-order valence-corrected chi connectivity index (χ0v) is 22.1. The van der Waals surface area contributed by atoms with Crippen molar-refractivity contribution in [2.75, 3.05) is 33.9 Å². The molecule has 0 unspecified atom stereocenters. The molecule has 1 aliphatic rings. The molecule has 0 saturated carbocycles. The molecule has 9 heteroatoms. The Hall–Kier alpha value is -5.07. The first-order valence-electron chi connectivity index (χ1n) is 13.1. The van der Waals surface area contributed by atoms with Crippen LogP contribution in [0, 0.1) is 11.3 Å². The number of hydrogen-bond acceptors (Lipinski definition) is 6. The van der Waals surface area contributed by atoms with E-state index in [0.717, 1.165) is 37.3 Å². The van der Waals surface area contributed by atoms with Crippen molar-refractivity contribution in [3.8, 4) is 6.07 Å². The van der Waals surface area contributed by atoms with Crippen LogP contribution in [-0.2, 0) is 7.05 Å². The lowest BCUT2D eigenvalue weighted by atomic mass is 10.1. The molecule has 1 aromatic heterocycles. The average molecular weight is 535 g/mol. The fraction of sp³-hybridized carbons (Fsp3) is 0.194. The SMILES string of the molecule is Cn1ccc(C(=O)Nc2ccc(Nc3ccc(NC(=O)c4ccc(N5CCC(O)CC5)cc4)cc3)c(C#N)c2)c1. The van der Waals surface area contributed by atoms with Gasteiger partial charge in [-0.2, -0.15) is 5.26 Å². The molecule has 9 nitrogen and oxygen atoms in total. The van der Waals surface area contributed by atoms with Gasteiger partial charge < -0.3 is 30.5 Å². The van der Waals surface area contributed by atoms with Crippen LogP contribution in [0.5, 0.6) is 0 Å². The standard InChI is InChI=1S/C31H30N6O3/c1-36-15-12-22(20-36)31(40)35-26-8-11-29(23(18-26)19-32)33-24-4-6-25(7-5-24)34-30(39)21-2-9-27(10-3-21)37-16-13-28(38)14-17-37/h2-12,15,18,20,28,33,38H,13-14,16-17H2,1H3,(H,34,39)(H,35,40). The number of carbonyl (C=O) groups excluding carboxylic acids is 2. The molecule has 2 heterocycles. The molecule has 4 N–H and O–H groups in total. The van der Waals surface area contributed by atoms with E-state index in [1.54, 1.807) is 65.5 Å². The summed E-state index contributed by atoms with van der Waals surface area (Å²) in [6.45, 7) is 1.61. The average Bonchev–Trinajstić information content (AvgIpc) is 3.41. The summed E-state index contributed by atoms with van der Waals surface area (Å²) in [5, 5.41) is 28.3. The van der Waals surface area contributed by atoms with Crippen LogP contribution < -0.4 is 20.9 Å². The number of nitrogens with one attached hydrogen (secondary N) is 3. The summed E-state index contributed by atoms with van der Waals surface area (Å²) in [6.07, 6.45) is 4.80. The van der Waals surface area contributed by atoms with Gasteiger partial charge in [-0.3, -0.25) is 9.59 Å². The Bertz CT molecular complexity index is 1550. The minimum absolute atomic E-state index is 0.207. The number of benzene rings is 3. The summed E-state index contributed by atoms with van der Waals surface area (Å²) in [5.41, 5.74) is 5.02. The van der Waals surface area contributed by atoms with Gasteiger partial charge in [0.15, 0.2) is 0 Å². The van der Waals surface area contributed by atoms with E-state index < -0.39 is 0 Å². The van der Waals surface area contributed by atoms with Gasteiger partial charge in [-0.15, -0.1) is 0 Å². The van der Waals surface area contributed by atoms with Gasteiger partial charge in [0, 0.05) is 60.8 Å². The van der Waals surface area contributed by atoms with E-state index in [-0.39, 0.29) is 17.9 Å². The molecule has 1 aliphatic heterocycles. The number of nitrogens with zero attached hydrogens (tertiary/aromatic N) is 3. The van der Waals surface area contributed by atoms with Crippen LogP contribution in [0.2, 0.25) is 0 Å². The summed E-state index contributed by atoms with van der Waals surface area (Å²) in [7, 11) is 1.84. The number of aryl methyl sites for hydroxylation is 1. The molecule has 2 amide bonds. The second-order valence-corrected chi connectivity index (χ2v) is 9.81. The number of aromatic nitrogens is 1. The van der Waals surface area contributed by atoms with Crippen LogP contribution in [-0.4, -0.2) is 40.7 Å². The summed E-state index contributed by atoms with van der Waals surface area (Å²) in [6, 6.07) is 23.7. The maximum absolute atomic E-state index is 12.8. The van der Waals surface area contributed by atoms with Crippen LogP contribution in [0.3, 0.4) is 0 Å². The Balaban J connectivity index is 1.18. The number of piperidine rings is 1. The normalized spacial score (nSPS) is 13.4. The summed E-state index contributed by atoms with van der Waals surface area (Å²) >= 11 is 0. The highest BCUT2D eigenvalue weighted by molar-refractivity contribution is 6.05. The first-order chi connectivity index (χ1) is 19.4. The van der Waals surface area contributed by atoms with Crippen molar-refractivity contribution >= 4 is 40.3 Å². The number of hydrogen-bond donors (Lipinski definition) is 4. The molecule has 0 aliphatic carbocycles. The van der Waals surface area contributed by atoms with Crippen LogP contribution in [0.15, 0.2) is 85.2 Å². The van der Waals surface area contributed by atoms with Gasteiger partial charge in [0.25, 0.3) is 11.8 Å². The predicted octanol–water partition coefficient (Wildman–Crippen LogP) is 5.11. The fourth-order valence-corrected chi connectivity index (χ4v) is 4.61. The van der Waals surface area contributed by atoms with Gasteiger partial charge in [0.05, 0.1) is 22.9 Å². The number of nitriles is 1. The second kappa shape index (κ2) is 11.8.